The Bertz CT molecular complexity index is 1490. The standard InChI is InChI=1S/C21H11ClN4O4/c22-14-15(23)20(28)17-9(19(14)27)5-6-12(25-17)18-16-10(7-13(26-18)21(29)30)8-3-1-2-4-11(8)24-16/h1-7,24H,23H2,(H,29,30). The third-order valence-corrected chi connectivity index (χ3v) is 5.37. The maximum absolute atomic E-state index is 12.5. The molecule has 5 rings (SSSR count). The van der Waals surface area contributed by atoms with E-state index in [1.54, 1.807) is 0 Å². The summed E-state index contributed by atoms with van der Waals surface area (Å²) in [6.45, 7) is 0. The number of carboxylic acid groups (broad SMARTS) is 1. The van der Waals surface area contributed by atoms with Gasteiger partial charge in [-0.1, -0.05) is 29.8 Å². The quantitative estimate of drug-likeness (QED) is 0.454. The van der Waals surface area contributed by atoms with Gasteiger partial charge in [0.25, 0.3) is 0 Å². The average Bonchev–Trinajstić information content (AvgIpc) is 3.13. The highest BCUT2D eigenvalue weighted by molar-refractivity contribution is 6.49. The minimum atomic E-state index is -1.20. The van der Waals surface area contributed by atoms with Crippen molar-refractivity contribution in [1.29, 1.82) is 0 Å². The average molecular weight is 419 g/mol. The molecule has 146 valence electrons. The second kappa shape index (κ2) is 6.23. The molecule has 9 heteroatoms. The first-order valence-electron chi connectivity index (χ1n) is 8.77. The summed E-state index contributed by atoms with van der Waals surface area (Å²) in [6, 6.07) is 11.8. The number of halogens is 1. The number of carbonyl (C=O) groups excluding carboxylic acids is 2. The van der Waals surface area contributed by atoms with Gasteiger partial charge >= 0.3 is 5.97 Å². The van der Waals surface area contributed by atoms with Crippen LogP contribution in [0.15, 0.2) is 53.2 Å². The Labute approximate surface area is 173 Å². The molecule has 0 fully saturated rings. The summed E-state index contributed by atoms with van der Waals surface area (Å²) in [6.07, 6.45) is 0. The number of aromatic carboxylic acids is 1. The molecule has 8 nitrogen and oxygen atoms in total. The van der Waals surface area contributed by atoms with Gasteiger partial charge in [0, 0.05) is 16.3 Å². The normalized spacial score (nSPS) is 13.9. The third kappa shape index (κ3) is 2.44. The Morgan fingerprint density at radius 1 is 1.00 bits per heavy atom. The Hall–Kier alpha value is -4.04. The second-order valence-electron chi connectivity index (χ2n) is 6.73. The van der Waals surface area contributed by atoms with E-state index in [-0.39, 0.29) is 39.1 Å². The molecule has 3 heterocycles. The van der Waals surface area contributed by atoms with Gasteiger partial charge in [0.1, 0.15) is 27.8 Å². The van der Waals surface area contributed by atoms with E-state index in [0.717, 1.165) is 10.9 Å². The van der Waals surface area contributed by atoms with E-state index in [2.05, 4.69) is 15.0 Å². The van der Waals surface area contributed by atoms with Crippen LogP contribution in [0.1, 0.15) is 31.3 Å². The highest BCUT2D eigenvalue weighted by atomic mass is 35.5. The molecule has 0 unspecified atom stereocenters. The Morgan fingerprint density at radius 2 is 1.77 bits per heavy atom. The molecule has 4 aromatic rings. The summed E-state index contributed by atoms with van der Waals surface area (Å²) >= 11 is 5.85. The van der Waals surface area contributed by atoms with E-state index in [0.29, 0.717) is 10.9 Å². The molecule has 0 spiro atoms. The maximum atomic E-state index is 12.5. The highest BCUT2D eigenvalue weighted by Gasteiger charge is 2.32. The SMILES string of the molecule is NC1=C(Cl)C(=O)c2ccc(-c3nc(C(=O)O)cc4c3[nH]c3ccccc34)nc2C1=O. The summed E-state index contributed by atoms with van der Waals surface area (Å²) < 4.78 is 0. The number of pyridine rings is 2. The summed E-state index contributed by atoms with van der Waals surface area (Å²) in [7, 11) is 0. The number of fused-ring (bicyclic) bond motifs is 4. The van der Waals surface area contributed by atoms with Crippen molar-refractivity contribution >= 4 is 50.9 Å². The van der Waals surface area contributed by atoms with Crippen LogP contribution in [-0.2, 0) is 0 Å². The van der Waals surface area contributed by atoms with Gasteiger partial charge in [0.05, 0.1) is 16.8 Å². The van der Waals surface area contributed by atoms with Crippen molar-refractivity contribution in [3.05, 3.63) is 70.1 Å². The lowest BCUT2D eigenvalue weighted by molar-refractivity contribution is 0.0690. The first-order chi connectivity index (χ1) is 14.4. The van der Waals surface area contributed by atoms with Crippen LogP contribution in [0.25, 0.3) is 33.2 Å². The van der Waals surface area contributed by atoms with E-state index in [9.17, 15) is 19.5 Å². The number of nitrogens with zero attached hydrogens (tertiary/aromatic N) is 2. The van der Waals surface area contributed by atoms with Gasteiger partial charge in [0.15, 0.2) is 0 Å². The first kappa shape index (κ1) is 18.0. The largest absolute Gasteiger partial charge is 0.477 e. The Balaban J connectivity index is 1.82. The van der Waals surface area contributed by atoms with E-state index < -0.39 is 17.5 Å². The molecule has 3 aromatic heterocycles. The number of Topliss-reactive ketones (excluding diaryl/α,β-unsaturated/α-hetero) is 2. The van der Waals surface area contributed by atoms with Gasteiger partial charge < -0.3 is 15.8 Å². The third-order valence-electron chi connectivity index (χ3n) is 4.99. The fraction of sp³-hybridized carbons (Fsp3) is 0. The van der Waals surface area contributed by atoms with Crippen LogP contribution in [-0.4, -0.2) is 37.6 Å². The van der Waals surface area contributed by atoms with Crippen LogP contribution >= 0.6 is 11.6 Å². The number of benzene rings is 1. The van der Waals surface area contributed by atoms with Crippen molar-refractivity contribution in [3.63, 3.8) is 0 Å². The smallest absolute Gasteiger partial charge is 0.354 e. The van der Waals surface area contributed by atoms with Crippen molar-refractivity contribution < 1.29 is 19.5 Å². The number of carboxylic acids is 1. The minimum Gasteiger partial charge on any atom is -0.477 e. The van der Waals surface area contributed by atoms with Gasteiger partial charge in [-0.15, -0.1) is 0 Å². The molecular formula is C21H11ClN4O4. The fourth-order valence-electron chi connectivity index (χ4n) is 3.56. The molecule has 0 atom stereocenters. The summed E-state index contributed by atoms with van der Waals surface area (Å²) in [4.78, 5) is 48.3. The van der Waals surface area contributed by atoms with Crippen molar-refractivity contribution in [1.82, 2.24) is 15.0 Å². The van der Waals surface area contributed by atoms with Crippen molar-refractivity contribution in [2.45, 2.75) is 0 Å². The van der Waals surface area contributed by atoms with Gasteiger partial charge in [-0.25, -0.2) is 14.8 Å². The van der Waals surface area contributed by atoms with Crippen molar-refractivity contribution in [2.75, 3.05) is 0 Å². The fourth-order valence-corrected chi connectivity index (χ4v) is 3.74. The van der Waals surface area contributed by atoms with Gasteiger partial charge in [0.2, 0.25) is 11.6 Å². The molecule has 1 aromatic carbocycles. The number of allylic oxidation sites excluding steroid dienone is 2. The zero-order valence-corrected chi connectivity index (χ0v) is 15.8. The lowest BCUT2D eigenvalue weighted by atomic mass is 9.96. The van der Waals surface area contributed by atoms with Crippen molar-refractivity contribution in [3.8, 4) is 11.4 Å². The number of carbonyl (C=O) groups is 3. The first-order valence-corrected chi connectivity index (χ1v) is 9.15. The van der Waals surface area contributed by atoms with E-state index in [1.165, 1.54) is 18.2 Å². The molecule has 1 aliphatic carbocycles. The predicted molar refractivity (Wildman–Crippen MR) is 110 cm³/mol. The van der Waals surface area contributed by atoms with Crippen LogP contribution in [0, 0.1) is 0 Å². The number of ketones is 2. The van der Waals surface area contributed by atoms with Crippen LogP contribution in [0.4, 0.5) is 0 Å². The molecular weight excluding hydrogens is 408 g/mol. The van der Waals surface area contributed by atoms with E-state index in [1.807, 2.05) is 24.3 Å². The zero-order valence-electron chi connectivity index (χ0n) is 15.1. The van der Waals surface area contributed by atoms with E-state index in [4.69, 9.17) is 17.3 Å². The minimum absolute atomic E-state index is 0.0326. The number of aromatic nitrogens is 3. The molecule has 30 heavy (non-hydrogen) atoms. The predicted octanol–water partition coefficient (Wildman–Crippen LogP) is 3.26. The van der Waals surface area contributed by atoms with Crippen LogP contribution in [0.3, 0.4) is 0 Å². The molecule has 0 radical (unpaired) electrons. The molecule has 4 N–H and O–H groups in total. The molecule has 0 amide bonds. The van der Waals surface area contributed by atoms with Crippen LogP contribution < -0.4 is 5.73 Å². The number of aromatic amines is 1. The number of para-hydroxylation sites is 1. The highest BCUT2D eigenvalue weighted by Crippen LogP contribution is 2.33. The number of rotatable bonds is 2. The van der Waals surface area contributed by atoms with Crippen LogP contribution in [0.2, 0.25) is 0 Å². The summed E-state index contributed by atoms with van der Waals surface area (Å²) in [5.41, 5.74) is 6.81. The van der Waals surface area contributed by atoms with Gasteiger partial charge in [-0.3, -0.25) is 9.59 Å². The Kier molecular flexibility index (Phi) is 3.74. The Morgan fingerprint density at radius 3 is 2.53 bits per heavy atom. The number of nitrogens with two attached hydrogens (primary N) is 1. The van der Waals surface area contributed by atoms with E-state index >= 15 is 0 Å². The summed E-state index contributed by atoms with van der Waals surface area (Å²) in [5, 5.41) is 10.7. The topological polar surface area (TPSA) is 139 Å². The van der Waals surface area contributed by atoms with Crippen molar-refractivity contribution in [2.24, 2.45) is 5.73 Å². The number of hydrogen-bond acceptors (Lipinski definition) is 6. The summed E-state index contributed by atoms with van der Waals surface area (Å²) in [5.74, 6) is -2.46. The number of nitrogens with one attached hydrogen (secondary N) is 1. The second-order valence-corrected chi connectivity index (χ2v) is 7.11. The molecule has 0 saturated heterocycles. The van der Waals surface area contributed by atoms with Crippen LogP contribution in [0.5, 0.6) is 0 Å². The monoisotopic (exact) mass is 418 g/mol. The molecule has 1 aliphatic rings. The van der Waals surface area contributed by atoms with Gasteiger partial charge in [-0.2, -0.15) is 0 Å². The lowest BCUT2D eigenvalue weighted by Crippen LogP contribution is -2.26. The lowest BCUT2D eigenvalue weighted by Gasteiger charge is -2.15. The number of hydrogen-bond donors (Lipinski definition) is 3. The molecule has 0 aliphatic heterocycles. The van der Waals surface area contributed by atoms with Gasteiger partial charge in [-0.05, 0) is 24.3 Å². The maximum Gasteiger partial charge on any atom is 0.354 e. The molecule has 0 saturated carbocycles. The zero-order chi connectivity index (χ0) is 21.2. The molecule has 0 bridgehead atoms. The number of H-pyrrole nitrogens is 1.